The smallest absolute Gasteiger partial charge is 0.304 e. The highest BCUT2D eigenvalue weighted by Crippen LogP contribution is 2.38. The molecule has 3 heterocycles. The molecule has 0 radical (unpaired) electrons. The summed E-state index contributed by atoms with van der Waals surface area (Å²) in [6.07, 6.45) is 2.18. The molecule has 3 N–H and O–H groups in total. The Labute approximate surface area is 238 Å². The van der Waals surface area contributed by atoms with E-state index in [0.29, 0.717) is 54.7 Å². The van der Waals surface area contributed by atoms with Crippen LogP contribution in [0.2, 0.25) is 0 Å². The Bertz CT molecular complexity index is 1370. The van der Waals surface area contributed by atoms with Crippen LogP contribution in [0.15, 0.2) is 30.3 Å². The van der Waals surface area contributed by atoms with Crippen LogP contribution in [0.4, 0.5) is 10.2 Å². The molecule has 0 saturated carbocycles. The van der Waals surface area contributed by atoms with Crippen LogP contribution in [0.25, 0.3) is 11.3 Å². The number of aromatic nitrogens is 1. The summed E-state index contributed by atoms with van der Waals surface area (Å²) in [7, 11) is -4.13. The quantitative estimate of drug-likeness (QED) is 0.472. The zero-order chi connectivity index (χ0) is 29.5. The van der Waals surface area contributed by atoms with Gasteiger partial charge in [-0.15, -0.1) is 0 Å². The van der Waals surface area contributed by atoms with Crippen molar-refractivity contribution in [3.05, 3.63) is 41.7 Å². The van der Waals surface area contributed by atoms with E-state index in [4.69, 9.17) is 15.5 Å². The number of amides is 1. The number of carbonyl (C=O) groups is 1. The van der Waals surface area contributed by atoms with E-state index >= 15 is 0 Å². The van der Waals surface area contributed by atoms with Crippen molar-refractivity contribution in [1.82, 2.24) is 14.0 Å². The lowest BCUT2D eigenvalue weighted by Crippen LogP contribution is -2.56. The van der Waals surface area contributed by atoms with Gasteiger partial charge in [0.2, 0.25) is 0 Å². The molecule has 2 aliphatic heterocycles. The fourth-order valence-corrected chi connectivity index (χ4v) is 6.98. The Morgan fingerprint density at radius 2 is 2.00 bits per heavy atom. The van der Waals surface area contributed by atoms with E-state index in [-0.39, 0.29) is 31.5 Å². The number of anilines is 1. The Hall–Kier alpha value is -2.76. The average Bonchev–Trinajstić information content (AvgIpc) is 3.12. The molecule has 1 aromatic carbocycles. The minimum absolute atomic E-state index is 0. The number of nitrogens with one attached hydrogen (secondary N) is 1. The molecule has 4 rings (SSSR count). The molecule has 2 aliphatic rings. The second-order valence-corrected chi connectivity index (χ2v) is 14.4. The van der Waals surface area contributed by atoms with Crippen molar-refractivity contribution in [2.45, 2.75) is 71.9 Å². The van der Waals surface area contributed by atoms with Gasteiger partial charge in [-0.05, 0) is 76.1 Å². The number of hydrogen-bond acceptors (Lipinski definition) is 7. The van der Waals surface area contributed by atoms with Gasteiger partial charge < -0.3 is 15.4 Å². The highest BCUT2D eigenvalue weighted by atomic mass is 32.2. The topological polar surface area (TPSA) is 118 Å². The zero-order valence-electron chi connectivity index (χ0n) is 24.3. The highest BCUT2D eigenvalue weighted by Gasteiger charge is 2.40. The number of hydrogen-bond donors (Lipinski definition) is 2. The van der Waals surface area contributed by atoms with Crippen molar-refractivity contribution in [1.29, 1.82) is 0 Å². The lowest BCUT2D eigenvalue weighted by atomic mass is 9.94. The average molecular weight is 578 g/mol. The second kappa shape index (κ2) is 11.3. The maximum absolute atomic E-state index is 14.6. The Morgan fingerprint density at radius 1 is 1.27 bits per heavy atom. The molecular formula is C29H44FN5O4S. The number of piperidine rings is 1. The number of carbonyl (C=O) groups excluding carboxylic acids is 1. The molecule has 2 saturated heterocycles. The fraction of sp³-hybridized carbons (Fsp3) is 0.586. The van der Waals surface area contributed by atoms with Crippen LogP contribution in [-0.2, 0) is 10.2 Å². The molecule has 0 aliphatic carbocycles. The van der Waals surface area contributed by atoms with Gasteiger partial charge in [0, 0.05) is 43.8 Å². The largest absolute Gasteiger partial charge is 0.493 e. The van der Waals surface area contributed by atoms with Crippen LogP contribution in [0.3, 0.4) is 0 Å². The van der Waals surface area contributed by atoms with Crippen molar-refractivity contribution in [3.63, 3.8) is 0 Å². The third kappa shape index (κ3) is 6.92. The number of benzene rings is 1. The van der Waals surface area contributed by atoms with Gasteiger partial charge in [-0.3, -0.25) is 4.79 Å². The first-order chi connectivity index (χ1) is 18.6. The maximum atomic E-state index is 14.6. The van der Waals surface area contributed by atoms with Crippen LogP contribution in [0.5, 0.6) is 5.75 Å². The van der Waals surface area contributed by atoms with Crippen LogP contribution in [0, 0.1) is 17.7 Å². The molecule has 40 heavy (non-hydrogen) atoms. The Balaban J connectivity index is 0.00000462. The summed E-state index contributed by atoms with van der Waals surface area (Å²) < 4.78 is 50.2. The first kappa shape index (κ1) is 30.2. The molecule has 2 aromatic rings. The van der Waals surface area contributed by atoms with E-state index in [1.165, 1.54) is 16.4 Å². The molecule has 2 atom stereocenters. The van der Waals surface area contributed by atoms with Gasteiger partial charge in [-0.25, -0.2) is 14.1 Å². The normalized spacial score (nSPS) is 23.4. The minimum atomic E-state index is -4.13. The number of rotatable bonds is 8. The summed E-state index contributed by atoms with van der Waals surface area (Å²) in [4.78, 5) is 20.4. The second-order valence-electron chi connectivity index (χ2n) is 12.7. The number of nitrogens with zero attached hydrogens (tertiary/aromatic N) is 3. The Morgan fingerprint density at radius 3 is 2.62 bits per heavy atom. The summed E-state index contributed by atoms with van der Waals surface area (Å²) in [5, 5.41) is 0. The fourth-order valence-electron chi connectivity index (χ4n) is 5.67. The van der Waals surface area contributed by atoms with Crippen LogP contribution < -0.4 is 20.1 Å². The molecule has 11 heteroatoms. The Kier molecular flexibility index (Phi) is 8.50. The number of halogens is 1. The molecular weight excluding hydrogens is 533 g/mol. The summed E-state index contributed by atoms with van der Waals surface area (Å²) in [6, 6.07) is 7.59. The molecule has 0 spiro atoms. The summed E-state index contributed by atoms with van der Waals surface area (Å²) in [5.41, 5.74) is 6.30. The monoisotopic (exact) mass is 577 g/mol. The van der Waals surface area contributed by atoms with Gasteiger partial charge in [-0.2, -0.15) is 12.7 Å². The standard InChI is InChI=1S/C29H42FN5O4S.H2/c1-19(2)17-39-23-13-21(12-22(30)14-23)25-9-8-24(26(32-25)35-16-20(3)15-28(35,4)5)27(36)33-40(37,38)34-11-7-10-29(6,31)18-34;/h8-9,12-14,19-20H,7,10-11,15-18,31H2,1-6H3,(H,33,36);1H. The molecule has 9 nitrogen and oxygen atoms in total. The summed E-state index contributed by atoms with van der Waals surface area (Å²) >= 11 is 0. The van der Waals surface area contributed by atoms with E-state index in [9.17, 15) is 17.6 Å². The molecule has 2 fully saturated rings. The number of nitrogens with two attached hydrogens (primary N) is 1. The first-order valence-corrected chi connectivity index (χ1v) is 15.3. The predicted molar refractivity (Wildman–Crippen MR) is 157 cm³/mol. The number of ether oxygens (including phenoxy) is 1. The SMILES string of the molecule is CC(C)COc1cc(F)cc(-c2ccc(C(=O)NS(=O)(=O)N3CCCC(C)(N)C3)c(N3CC(C)CC3(C)C)n2)c1.[HH]. The first-order valence-electron chi connectivity index (χ1n) is 13.9. The van der Waals surface area contributed by atoms with E-state index < -0.39 is 27.5 Å². The van der Waals surface area contributed by atoms with Crippen molar-refractivity contribution in [3.8, 4) is 17.0 Å². The lowest BCUT2D eigenvalue weighted by molar-refractivity contribution is 0.0977. The lowest BCUT2D eigenvalue weighted by Gasteiger charge is -2.37. The van der Waals surface area contributed by atoms with E-state index in [1.54, 1.807) is 25.1 Å². The molecule has 1 amide bonds. The van der Waals surface area contributed by atoms with Crippen molar-refractivity contribution in [2.75, 3.05) is 31.1 Å². The van der Waals surface area contributed by atoms with Crippen molar-refractivity contribution < 1.29 is 23.8 Å². The van der Waals surface area contributed by atoms with E-state index in [1.807, 2.05) is 18.7 Å². The van der Waals surface area contributed by atoms with Crippen LogP contribution >= 0.6 is 0 Å². The van der Waals surface area contributed by atoms with Crippen molar-refractivity contribution >= 4 is 21.9 Å². The molecule has 1 aromatic heterocycles. The predicted octanol–water partition coefficient (Wildman–Crippen LogP) is 4.58. The zero-order valence-corrected chi connectivity index (χ0v) is 25.1. The van der Waals surface area contributed by atoms with Gasteiger partial charge in [-0.1, -0.05) is 20.8 Å². The minimum Gasteiger partial charge on any atom is -0.493 e. The summed E-state index contributed by atoms with van der Waals surface area (Å²) in [6.45, 7) is 13.6. The van der Waals surface area contributed by atoms with Gasteiger partial charge in [0.05, 0.1) is 17.9 Å². The molecule has 222 valence electrons. The van der Waals surface area contributed by atoms with Crippen molar-refractivity contribution in [2.24, 2.45) is 17.6 Å². The van der Waals surface area contributed by atoms with E-state index in [2.05, 4.69) is 25.5 Å². The maximum Gasteiger partial charge on any atom is 0.304 e. The third-order valence-corrected chi connectivity index (χ3v) is 8.89. The number of pyridine rings is 1. The van der Waals surface area contributed by atoms with Gasteiger partial charge >= 0.3 is 10.2 Å². The highest BCUT2D eigenvalue weighted by molar-refractivity contribution is 7.87. The van der Waals surface area contributed by atoms with Gasteiger partial charge in [0.15, 0.2) is 0 Å². The van der Waals surface area contributed by atoms with Crippen LogP contribution in [-0.4, -0.2) is 60.9 Å². The summed E-state index contributed by atoms with van der Waals surface area (Å²) in [5.74, 6) is 0.124. The van der Waals surface area contributed by atoms with E-state index in [0.717, 1.165) is 6.42 Å². The van der Waals surface area contributed by atoms with Crippen LogP contribution in [0.1, 0.15) is 72.6 Å². The third-order valence-electron chi connectivity index (χ3n) is 7.45. The van der Waals surface area contributed by atoms with Gasteiger partial charge in [0.1, 0.15) is 17.4 Å². The van der Waals surface area contributed by atoms with Gasteiger partial charge in [0.25, 0.3) is 5.91 Å². The molecule has 2 unspecified atom stereocenters. The molecule has 0 bridgehead atoms.